The molecule has 0 saturated heterocycles. The Kier molecular flexibility index (Phi) is 32.1. The Morgan fingerprint density at radius 3 is 1.08 bits per heavy atom. The number of hydrazone groups is 2. The van der Waals surface area contributed by atoms with Gasteiger partial charge in [0.2, 0.25) is 10.3 Å². The van der Waals surface area contributed by atoms with Crippen molar-refractivity contribution in [3.05, 3.63) is 170 Å². The largest absolute Gasteiger partial charge is 0.494 e. The van der Waals surface area contributed by atoms with Crippen LogP contribution >= 0.6 is 22.7 Å². The van der Waals surface area contributed by atoms with E-state index in [1.165, 1.54) is 0 Å². The van der Waals surface area contributed by atoms with Gasteiger partial charge in [0, 0.05) is 36.4 Å². The van der Waals surface area contributed by atoms with E-state index in [2.05, 4.69) is 39.1 Å². The van der Waals surface area contributed by atoms with Gasteiger partial charge in [0.1, 0.15) is 34.5 Å². The minimum absolute atomic E-state index is 0.317. The van der Waals surface area contributed by atoms with E-state index in [4.69, 9.17) is 58.1 Å². The summed E-state index contributed by atoms with van der Waals surface area (Å²) in [4.78, 5) is 88.4. The Morgan fingerprint density at radius 1 is 0.407 bits per heavy atom. The zero-order valence-corrected chi connectivity index (χ0v) is 63.8. The number of ether oxygens (including phenoxy) is 8. The van der Waals surface area contributed by atoms with Gasteiger partial charge in [-0.25, -0.2) is 29.6 Å². The standard InChI is InChI=1S/C86H100N6O14S2/c1-5-9-11-21-51-91(85-89-75-27-17-19-29-77(75)107-85)87-59-65-57-71(105-83(97)63-35-31-61(32-36-63)81(95)103-69-43-39-67(40-44-69)99-53-23-13-15-25-55-101-79(93)7-3)47-49-73(65)74-50-48-72(58-66(74)60-88-92(52-22-12-10-6-2)86-90-76-28-18-20-30-78(76)108-86)106-84(98)64-37-33-62(34-38-64)82(96)104-70-45-41-68(42-46-70)100-54-24-14-16-26-56-102-80(94)8-4/h7-8,17-20,27-30,39-50,57-64H,3-6,9-16,21-26,31-38,51-56H2,1-2H3/b87-59+,88-60+. The number of hydrogen-bond donors (Lipinski definition) is 0. The van der Waals surface area contributed by atoms with Crippen LogP contribution in [0.1, 0.15) is 179 Å². The molecule has 6 aromatic carbocycles. The van der Waals surface area contributed by atoms with Gasteiger partial charge in [-0.3, -0.25) is 19.2 Å². The van der Waals surface area contributed by atoms with Gasteiger partial charge < -0.3 is 37.9 Å². The van der Waals surface area contributed by atoms with Crippen LogP contribution in [0.25, 0.3) is 31.6 Å². The molecule has 22 heteroatoms. The summed E-state index contributed by atoms with van der Waals surface area (Å²) in [7, 11) is 0. The van der Waals surface area contributed by atoms with E-state index in [9.17, 15) is 28.8 Å². The number of aromatic nitrogens is 2. The van der Waals surface area contributed by atoms with Crippen molar-refractivity contribution in [1.29, 1.82) is 0 Å². The number of carbonyl (C=O) groups excluding carboxylic acids is 6. The van der Waals surface area contributed by atoms with E-state index >= 15 is 0 Å². The number of fused-ring (bicyclic) bond motifs is 2. The Hall–Kier alpha value is -10.1. The number of anilines is 2. The predicted octanol–water partition coefficient (Wildman–Crippen LogP) is 19.4. The fourth-order valence-corrected chi connectivity index (χ4v) is 14.9. The smallest absolute Gasteiger partial charge is 0.330 e. The molecule has 570 valence electrons. The van der Waals surface area contributed by atoms with Gasteiger partial charge >= 0.3 is 35.8 Å². The minimum Gasteiger partial charge on any atom is -0.494 e. The van der Waals surface area contributed by atoms with Crippen molar-refractivity contribution in [2.75, 3.05) is 49.5 Å². The average molecular weight is 1510 g/mol. The molecule has 2 saturated carbocycles. The topological polar surface area (TPSA) is 233 Å². The molecular weight excluding hydrogens is 1410 g/mol. The summed E-state index contributed by atoms with van der Waals surface area (Å²) < 4.78 is 48.3. The van der Waals surface area contributed by atoms with Gasteiger partial charge in [0.15, 0.2) is 0 Å². The molecule has 2 aliphatic carbocycles. The molecule has 2 aromatic heterocycles. The third kappa shape index (κ3) is 25.0. The number of rotatable bonds is 43. The molecular formula is C86H100N6O14S2. The molecule has 0 atom stereocenters. The van der Waals surface area contributed by atoms with Crippen molar-refractivity contribution < 1.29 is 66.7 Å². The molecule has 2 heterocycles. The summed E-state index contributed by atoms with van der Waals surface area (Å²) >= 11 is 3.14. The normalized spacial score (nSPS) is 15.7. The first kappa shape index (κ1) is 80.5. The number of nitrogens with zero attached hydrogens (tertiary/aromatic N) is 6. The van der Waals surface area contributed by atoms with Gasteiger partial charge in [-0.05, 0) is 236 Å². The van der Waals surface area contributed by atoms with E-state index in [-0.39, 0.29) is 11.9 Å². The lowest BCUT2D eigenvalue weighted by Crippen LogP contribution is -2.30. The van der Waals surface area contributed by atoms with Crippen LogP contribution in [-0.2, 0) is 38.2 Å². The van der Waals surface area contributed by atoms with Crippen molar-refractivity contribution in [3.63, 3.8) is 0 Å². The van der Waals surface area contributed by atoms with E-state index < -0.39 is 47.5 Å². The van der Waals surface area contributed by atoms with E-state index in [0.29, 0.717) is 137 Å². The molecule has 8 aromatic rings. The van der Waals surface area contributed by atoms with Crippen LogP contribution < -0.4 is 38.4 Å². The molecule has 0 unspecified atom stereocenters. The Labute approximate surface area is 641 Å². The van der Waals surface area contributed by atoms with E-state index in [1.807, 2.05) is 70.7 Å². The maximum atomic E-state index is 14.3. The number of esters is 6. The third-order valence-corrected chi connectivity index (χ3v) is 21.3. The summed E-state index contributed by atoms with van der Waals surface area (Å²) in [6.45, 7) is 14.2. The van der Waals surface area contributed by atoms with E-state index in [1.54, 1.807) is 95.8 Å². The second-order valence-corrected chi connectivity index (χ2v) is 29.3. The SMILES string of the molecule is C=CC(=O)OCCCCCCOc1ccc(OC(=O)C2CCC(C(=O)Oc3ccc(-c4ccc(OC(=O)C5CCC(C(=O)Oc6ccc(OCCCCCCOC(=O)C=C)cc6)CC5)cc4/C=N/N(CCCCCC)c4nc5ccccc5s4)c(/C=N/N(CCCCCC)c4nc5ccccc5s4)c3)CC2)cc1. The van der Waals surface area contributed by atoms with Gasteiger partial charge in [-0.2, -0.15) is 10.2 Å². The highest BCUT2D eigenvalue weighted by Crippen LogP contribution is 2.38. The van der Waals surface area contributed by atoms with Crippen molar-refractivity contribution in [2.45, 2.75) is 168 Å². The van der Waals surface area contributed by atoms with Gasteiger partial charge in [0.05, 0.1) is 83.0 Å². The number of hydrogen-bond acceptors (Lipinski definition) is 22. The Balaban J connectivity index is 0.851. The highest BCUT2D eigenvalue weighted by molar-refractivity contribution is 7.22. The van der Waals surface area contributed by atoms with Gasteiger partial charge in [0.25, 0.3) is 0 Å². The van der Waals surface area contributed by atoms with Crippen molar-refractivity contribution in [2.24, 2.45) is 33.9 Å². The molecule has 20 nitrogen and oxygen atoms in total. The van der Waals surface area contributed by atoms with E-state index in [0.717, 1.165) is 157 Å². The second kappa shape index (κ2) is 43.1. The van der Waals surface area contributed by atoms with Crippen LogP contribution in [0.4, 0.5) is 10.3 Å². The van der Waals surface area contributed by atoms with Gasteiger partial charge in [-0.1, -0.05) is 112 Å². The molecule has 2 aliphatic rings. The second-order valence-electron chi connectivity index (χ2n) is 27.3. The first-order valence-electron chi connectivity index (χ1n) is 38.4. The quantitative estimate of drug-likeness (QED) is 0.00863. The first-order valence-corrected chi connectivity index (χ1v) is 40.0. The lowest BCUT2D eigenvalue weighted by atomic mass is 9.82. The molecule has 0 bridgehead atoms. The predicted molar refractivity (Wildman–Crippen MR) is 426 cm³/mol. The number of benzene rings is 6. The minimum atomic E-state index is -0.459. The fraction of sp³-hybridized carbons (Fsp3) is 0.419. The molecule has 0 aliphatic heterocycles. The monoisotopic (exact) mass is 1500 g/mol. The van der Waals surface area contributed by atoms with Crippen LogP contribution in [0.15, 0.2) is 169 Å². The Morgan fingerprint density at radius 2 is 0.731 bits per heavy atom. The first-order chi connectivity index (χ1) is 52.8. The molecule has 0 N–H and O–H groups in total. The summed E-state index contributed by atoms with van der Waals surface area (Å²) in [5.74, 6) is -1.23. The zero-order chi connectivity index (χ0) is 75.7. The van der Waals surface area contributed by atoms with Crippen molar-refractivity contribution in [3.8, 4) is 45.6 Å². The maximum Gasteiger partial charge on any atom is 0.330 e. The average Bonchev–Trinajstić information content (AvgIpc) is 0.903. The number of para-hydroxylation sites is 2. The molecule has 10 rings (SSSR count). The lowest BCUT2D eigenvalue weighted by Gasteiger charge is -2.26. The maximum absolute atomic E-state index is 14.3. The molecule has 0 amide bonds. The van der Waals surface area contributed by atoms with Crippen LogP contribution in [0.2, 0.25) is 0 Å². The number of unbranched alkanes of at least 4 members (excludes halogenated alkanes) is 12. The lowest BCUT2D eigenvalue weighted by molar-refractivity contribution is -0.145. The number of carbonyl (C=O) groups is 6. The third-order valence-electron chi connectivity index (χ3n) is 19.2. The molecule has 108 heavy (non-hydrogen) atoms. The summed E-state index contributed by atoms with van der Waals surface area (Å²) in [6.07, 6.45) is 24.5. The fourth-order valence-electron chi connectivity index (χ4n) is 13.0. The summed E-state index contributed by atoms with van der Waals surface area (Å²) in [6, 6.07) is 41.1. The molecule has 2 fully saturated rings. The summed E-state index contributed by atoms with van der Waals surface area (Å²) in [5.41, 5.74) is 4.49. The summed E-state index contributed by atoms with van der Waals surface area (Å²) in [5, 5.41) is 15.8. The van der Waals surface area contributed by atoms with Crippen LogP contribution in [0.5, 0.6) is 34.5 Å². The van der Waals surface area contributed by atoms with Crippen molar-refractivity contribution in [1.82, 2.24) is 9.97 Å². The molecule has 0 radical (unpaired) electrons. The highest BCUT2D eigenvalue weighted by atomic mass is 32.1. The zero-order valence-electron chi connectivity index (χ0n) is 62.2. The Bertz CT molecular complexity index is 3970. The van der Waals surface area contributed by atoms with Crippen LogP contribution in [0.3, 0.4) is 0 Å². The van der Waals surface area contributed by atoms with Crippen LogP contribution in [0, 0.1) is 23.7 Å². The number of thiazole rings is 2. The van der Waals surface area contributed by atoms with Gasteiger partial charge in [-0.15, -0.1) is 0 Å². The van der Waals surface area contributed by atoms with Crippen molar-refractivity contribution >= 4 is 102 Å². The highest BCUT2D eigenvalue weighted by Gasteiger charge is 2.34. The van der Waals surface area contributed by atoms with Crippen LogP contribution in [-0.4, -0.2) is 97.7 Å². The molecule has 0 spiro atoms.